The first kappa shape index (κ1) is 78.0. The fraction of sp³-hybridized carbons (Fsp3) is 0.311. The third-order valence-corrected chi connectivity index (χ3v) is 22.6. The van der Waals surface area contributed by atoms with Crippen LogP contribution in [0.1, 0.15) is 103 Å². The molecule has 12 aromatic rings. The SMILES string of the molecule is COCCn1c(Cc2ccc(-c3cccc(OCc4ccc(C#Cc5cnc(N6CC7CCC(C6)N7C6COC6)nc5)cc4F)n3)cc2F)nc2ccc(C(=O)O)cc21.COCCn1c(Cc2ccc(-c3cccc(OCc4ccc(C#Cc5cnc(N6CC7CCC(C6)N7C6COC6)nc5)cc4F)n3)cc2F)nc2ccc(C(=O)O)cc21. The number of fused-ring (bicyclic) bond motifs is 6. The van der Waals surface area contributed by atoms with Gasteiger partial charge >= 0.3 is 11.9 Å². The molecule has 0 amide bonds. The van der Waals surface area contributed by atoms with Crippen LogP contribution in [0.15, 0.2) is 170 Å². The normalized spacial score (nSPS) is 17.8. The van der Waals surface area contributed by atoms with Crippen molar-refractivity contribution in [1.29, 1.82) is 0 Å². The quantitative estimate of drug-likeness (QED) is 0.0421. The lowest BCUT2D eigenvalue weighted by atomic mass is 10.1. The number of rotatable bonds is 24. The summed E-state index contributed by atoms with van der Waals surface area (Å²) >= 11 is 0. The van der Waals surface area contributed by atoms with E-state index in [1.807, 2.05) is 9.13 Å². The van der Waals surface area contributed by atoms with Crippen molar-refractivity contribution in [2.75, 3.05) is 89.8 Å². The van der Waals surface area contributed by atoms with Gasteiger partial charge in [0.1, 0.15) is 48.1 Å². The van der Waals surface area contributed by atoms with Gasteiger partial charge in [0.2, 0.25) is 23.7 Å². The average Bonchev–Trinajstić information content (AvgIpc) is 1.61. The predicted octanol–water partition coefficient (Wildman–Crippen LogP) is 12.3. The maximum Gasteiger partial charge on any atom is 0.335 e. The monoisotopic (exact) mass is 1590 g/mol. The highest BCUT2D eigenvalue weighted by Crippen LogP contribution is 2.38. The van der Waals surface area contributed by atoms with Crippen molar-refractivity contribution < 1.29 is 65.8 Å². The highest BCUT2D eigenvalue weighted by Gasteiger charge is 2.47. The molecule has 12 heterocycles. The van der Waals surface area contributed by atoms with E-state index < -0.39 is 35.2 Å². The smallest absolute Gasteiger partial charge is 0.335 e. The highest BCUT2D eigenvalue weighted by molar-refractivity contribution is 5.93. The maximum atomic E-state index is 15.6. The average molecular weight is 1600 g/mol. The van der Waals surface area contributed by atoms with Crippen LogP contribution < -0.4 is 19.3 Å². The number of methoxy groups -OCH3 is 2. The molecule has 2 N–H and O–H groups in total. The number of carbonyl (C=O) groups is 2. The Balaban J connectivity index is 0.000000169. The van der Waals surface area contributed by atoms with Crippen LogP contribution in [0.25, 0.3) is 44.6 Å². The number of aromatic carboxylic acids is 2. The second-order valence-electron chi connectivity index (χ2n) is 30.1. The molecule has 0 spiro atoms. The van der Waals surface area contributed by atoms with Crippen molar-refractivity contribution in [3.8, 4) is 58.0 Å². The Kier molecular flexibility index (Phi) is 23.0. The summed E-state index contributed by atoms with van der Waals surface area (Å²) in [6.45, 7) is 8.43. The van der Waals surface area contributed by atoms with Crippen molar-refractivity contribution in [2.24, 2.45) is 0 Å². The molecule has 4 bridgehead atoms. The lowest BCUT2D eigenvalue weighted by Crippen LogP contribution is -2.62. The zero-order chi connectivity index (χ0) is 80.9. The van der Waals surface area contributed by atoms with Gasteiger partial charge in [-0.15, -0.1) is 0 Å². The molecule has 6 aromatic heterocycles. The van der Waals surface area contributed by atoms with Gasteiger partial charge in [0.15, 0.2) is 0 Å². The molecule has 0 radical (unpaired) electrons. The molecular formula is C90H82F4N14O10. The van der Waals surface area contributed by atoms with Crippen molar-refractivity contribution in [3.05, 3.63) is 261 Å². The number of carboxylic acids is 2. The van der Waals surface area contributed by atoms with Gasteiger partial charge in [-0.25, -0.2) is 67.0 Å². The molecule has 0 saturated carbocycles. The molecule has 4 atom stereocenters. The Morgan fingerprint density at radius 1 is 0.441 bits per heavy atom. The lowest BCUT2D eigenvalue weighted by molar-refractivity contribution is -0.0851. The van der Waals surface area contributed by atoms with E-state index in [2.05, 4.69) is 83.2 Å². The van der Waals surface area contributed by atoms with E-state index in [9.17, 15) is 19.8 Å². The Morgan fingerprint density at radius 2 is 0.822 bits per heavy atom. The van der Waals surface area contributed by atoms with Gasteiger partial charge < -0.3 is 57.6 Å². The summed E-state index contributed by atoms with van der Waals surface area (Å²) in [7, 11) is 3.16. The van der Waals surface area contributed by atoms with E-state index >= 15 is 17.6 Å². The van der Waals surface area contributed by atoms with E-state index in [4.69, 9.17) is 28.4 Å². The van der Waals surface area contributed by atoms with E-state index in [1.54, 1.807) is 148 Å². The van der Waals surface area contributed by atoms with Gasteiger partial charge in [-0.3, -0.25) is 9.80 Å². The molecule has 4 unspecified atom stereocenters. The molecule has 24 nitrogen and oxygen atoms in total. The standard InChI is InChI=1S/2C45H41F2N7O5/c2*1-57-16-15-53-41-19-32(44(55)56)11-14-40(41)50-42(53)20-30-9-10-31(18-38(30)47)39-3-2-4-43(51-39)59-25-33-8-7-28(17-37(33)46)5-6-29-21-48-45(49-22-29)52-23-34-12-13-35(24-52)54(34)36-26-58-27-36/h2*2-4,7-11,14,17-19,21-22,34-36H,12-13,15-16,20,23-27H2,1H3,(H,55,56). The number of halogens is 4. The van der Waals surface area contributed by atoms with Crippen LogP contribution in [0.2, 0.25) is 0 Å². The van der Waals surface area contributed by atoms with Crippen LogP contribution in [0.5, 0.6) is 11.8 Å². The fourth-order valence-electron chi connectivity index (χ4n) is 16.5. The van der Waals surface area contributed by atoms with Crippen LogP contribution in [0.3, 0.4) is 0 Å². The number of anilines is 2. The summed E-state index contributed by atoms with van der Waals surface area (Å²) in [6.07, 6.45) is 12.0. The van der Waals surface area contributed by atoms with Gasteiger partial charge in [-0.2, -0.15) is 0 Å². The second-order valence-corrected chi connectivity index (χ2v) is 30.1. The Hall–Kier alpha value is -12.5. The number of aromatic nitrogens is 10. The van der Waals surface area contributed by atoms with E-state index in [1.165, 1.54) is 62.1 Å². The van der Waals surface area contributed by atoms with Gasteiger partial charge in [0, 0.05) is 161 Å². The molecule has 28 heteroatoms. The molecular weight excluding hydrogens is 1510 g/mol. The predicted molar refractivity (Wildman–Crippen MR) is 430 cm³/mol. The number of ether oxygens (including phenoxy) is 6. The number of hydrogen-bond donors (Lipinski definition) is 2. The third-order valence-electron chi connectivity index (χ3n) is 22.6. The number of pyridine rings is 2. The zero-order valence-electron chi connectivity index (χ0n) is 64.7. The van der Waals surface area contributed by atoms with E-state index in [0.29, 0.717) is 175 Å². The van der Waals surface area contributed by atoms with E-state index in [-0.39, 0.29) is 48.9 Å². The molecule has 6 aromatic carbocycles. The van der Waals surface area contributed by atoms with Crippen molar-refractivity contribution >= 4 is 45.9 Å². The van der Waals surface area contributed by atoms with Crippen molar-refractivity contribution in [3.63, 3.8) is 0 Å². The van der Waals surface area contributed by atoms with E-state index in [0.717, 1.165) is 52.6 Å². The molecule has 6 fully saturated rings. The molecule has 118 heavy (non-hydrogen) atoms. The Morgan fingerprint density at radius 3 is 1.18 bits per heavy atom. The van der Waals surface area contributed by atoms with Crippen LogP contribution in [0, 0.1) is 47.0 Å². The van der Waals surface area contributed by atoms with Crippen LogP contribution in [-0.2, 0) is 58.1 Å². The van der Waals surface area contributed by atoms with Gasteiger partial charge in [0.05, 0.1) is 107 Å². The number of carboxylic acid groups (broad SMARTS) is 2. The minimum Gasteiger partial charge on any atom is -0.478 e. The molecule has 6 aliphatic heterocycles. The lowest BCUT2D eigenvalue weighted by Gasteiger charge is -2.47. The zero-order valence-corrected chi connectivity index (χ0v) is 64.7. The highest BCUT2D eigenvalue weighted by atomic mass is 19.1. The summed E-state index contributed by atoms with van der Waals surface area (Å²) in [6, 6.07) is 42.1. The van der Waals surface area contributed by atoms with Crippen molar-refractivity contribution in [1.82, 2.24) is 58.8 Å². The first-order valence-electron chi connectivity index (χ1n) is 39.2. The summed E-state index contributed by atoms with van der Waals surface area (Å²) in [5.41, 5.74) is 8.62. The minimum atomic E-state index is -1.04. The minimum absolute atomic E-state index is 0.0684. The molecule has 6 saturated heterocycles. The second kappa shape index (κ2) is 34.7. The first-order chi connectivity index (χ1) is 57.6. The largest absolute Gasteiger partial charge is 0.478 e. The number of imidazole rings is 2. The molecule has 0 aliphatic carbocycles. The Labute approximate surface area is 677 Å². The number of benzene rings is 6. The van der Waals surface area contributed by atoms with Crippen LogP contribution in [0.4, 0.5) is 29.5 Å². The van der Waals surface area contributed by atoms with Gasteiger partial charge in [-0.1, -0.05) is 72.2 Å². The molecule has 600 valence electrons. The number of piperazine rings is 2. The van der Waals surface area contributed by atoms with Crippen LogP contribution in [-0.4, -0.2) is 197 Å². The van der Waals surface area contributed by atoms with Crippen molar-refractivity contribution in [2.45, 2.75) is 101 Å². The first-order valence-corrected chi connectivity index (χ1v) is 39.2. The molecule has 18 rings (SSSR count). The summed E-state index contributed by atoms with van der Waals surface area (Å²) in [5, 5.41) is 19.0. The third kappa shape index (κ3) is 17.2. The summed E-state index contributed by atoms with van der Waals surface area (Å²) < 4.78 is 98.5. The molecule has 6 aliphatic rings. The number of hydrogen-bond acceptors (Lipinski definition) is 20. The van der Waals surface area contributed by atoms with Gasteiger partial charge in [-0.05, 0) is 122 Å². The maximum absolute atomic E-state index is 15.6. The number of nitrogens with zero attached hydrogens (tertiary/aromatic N) is 14. The van der Waals surface area contributed by atoms with Gasteiger partial charge in [0.25, 0.3) is 0 Å². The fourth-order valence-corrected chi connectivity index (χ4v) is 16.5. The topological polar surface area (TPSA) is 256 Å². The van der Waals surface area contributed by atoms with Crippen LogP contribution >= 0.6 is 0 Å². The summed E-state index contributed by atoms with van der Waals surface area (Å²) in [5.74, 6) is 11.3. The summed E-state index contributed by atoms with van der Waals surface area (Å²) in [4.78, 5) is 69.9. The Bertz CT molecular complexity index is 5500.